The Hall–Kier alpha value is -1.49. The third-order valence-electron chi connectivity index (χ3n) is 1.48. The van der Waals surface area contributed by atoms with Crippen molar-refractivity contribution in [1.82, 2.24) is 5.32 Å². The second-order valence-corrected chi connectivity index (χ2v) is 3.42. The number of hydrogen-bond donors (Lipinski definition) is 1. The minimum atomic E-state index is -0.351. The highest BCUT2D eigenvalue weighted by atomic mass is 32.2. The van der Waals surface area contributed by atoms with Crippen molar-refractivity contribution >= 4 is 29.0 Å². The minimum Gasteiger partial charge on any atom is -0.472 e. The number of amides is 2. The molecule has 0 atom stereocenters. The van der Waals surface area contributed by atoms with Gasteiger partial charge in [0.25, 0.3) is 11.1 Å². The second kappa shape index (κ2) is 3.10. The Morgan fingerprint density at radius 3 is 2.85 bits per heavy atom. The molecule has 2 rings (SSSR count). The largest absolute Gasteiger partial charge is 0.472 e. The van der Waals surface area contributed by atoms with Crippen LogP contribution in [0, 0.1) is 0 Å². The maximum atomic E-state index is 11.1. The van der Waals surface area contributed by atoms with Crippen molar-refractivity contribution in [2.24, 2.45) is 0 Å². The third kappa shape index (κ3) is 1.65. The van der Waals surface area contributed by atoms with E-state index in [-0.39, 0.29) is 11.1 Å². The zero-order valence-corrected chi connectivity index (χ0v) is 7.26. The highest BCUT2D eigenvalue weighted by Gasteiger charge is 2.24. The Morgan fingerprint density at radius 1 is 1.46 bits per heavy atom. The van der Waals surface area contributed by atoms with Crippen molar-refractivity contribution in [2.75, 3.05) is 0 Å². The van der Waals surface area contributed by atoms with Gasteiger partial charge in [0.2, 0.25) is 0 Å². The van der Waals surface area contributed by atoms with Crippen LogP contribution in [0.4, 0.5) is 4.79 Å². The van der Waals surface area contributed by atoms with Crippen LogP contribution in [-0.4, -0.2) is 11.1 Å². The summed E-state index contributed by atoms with van der Waals surface area (Å²) in [5, 5.41) is 1.83. The maximum absolute atomic E-state index is 11.1. The molecule has 1 fully saturated rings. The molecule has 1 aliphatic heterocycles. The molecule has 1 N–H and O–H groups in total. The van der Waals surface area contributed by atoms with Gasteiger partial charge in [0.15, 0.2) is 0 Å². The Bertz CT molecular complexity index is 380. The Balaban J connectivity index is 2.27. The van der Waals surface area contributed by atoms with Gasteiger partial charge in [0.1, 0.15) is 0 Å². The van der Waals surface area contributed by atoms with E-state index >= 15 is 0 Å². The van der Waals surface area contributed by atoms with Crippen molar-refractivity contribution in [1.29, 1.82) is 0 Å². The van der Waals surface area contributed by atoms with Crippen LogP contribution in [0.25, 0.3) is 6.08 Å². The number of nitrogens with one attached hydrogen (secondary N) is 1. The average Bonchev–Trinajstić information content (AvgIpc) is 2.63. The molecule has 13 heavy (non-hydrogen) atoms. The molecule has 0 aliphatic carbocycles. The normalized spacial score (nSPS) is 19.5. The van der Waals surface area contributed by atoms with Gasteiger partial charge in [-0.1, -0.05) is 0 Å². The molecule has 1 saturated heterocycles. The zero-order valence-electron chi connectivity index (χ0n) is 6.44. The minimum absolute atomic E-state index is 0.334. The van der Waals surface area contributed by atoms with Gasteiger partial charge < -0.3 is 4.42 Å². The molecule has 0 radical (unpaired) electrons. The highest BCUT2D eigenvalue weighted by Crippen LogP contribution is 2.25. The van der Waals surface area contributed by atoms with Gasteiger partial charge in [-0.25, -0.2) is 0 Å². The molecule has 66 valence electrons. The highest BCUT2D eigenvalue weighted by molar-refractivity contribution is 8.18. The number of rotatable bonds is 1. The summed E-state index contributed by atoms with van der Waals surface area (Å²) in [5.41, 5.74) is 0.771. The second-order valence-electron chi connectivity index (χ2n) is 2.41. The van der Waals surface area contributed by atoms with E-state index in [1.54, 1.807) is 12.1 Å². The molecule has 0 bridgehead atoms. The summed E-state index contributed by atoms with van der Waals surface area (Å²) in [6.07, 6.45) is 4.61. The van der Waals surface area contributed by atoms with Crippen LogP contribution < -0.4 is 5.32 Å². The summed E-state index contributed by atoms with van der Waals surface area (Å²) in [6.45, 7) is 0. The summed E-state index contributed by atoms with van der Waals surface area (Å²) < 4.78 is 4.82. The zero-order chi connectivity index (χ0) is 9.26. The van der Waals surface area contributed by atoms with Crippen molar-refractivity contribution in [3.05, 3.63) is 29.1 Å². The van der Waals surface area contributed by atoms with Gasteiger partial charge in [0.05, 0.1) is 17.4 Å². The topological polar surface area (TPSA) is 59.3 Å². The van der Waals surface area contributed by atoms with E-state index in [2.05, 4.69) is 5.32 Å². The van der Waals surface area contributed by atoms with Crippen molar-refractivity contribution in [3.63, 3.8) is 0 Å². The fourth-order valence-electron chi connectivity index (χ4n) is 0.930. The molecular weight excluding hydrogens is 190 g/mol. The first-order valence-corrected chi connectivity index (χ1v) is 4.34. The van der Waals surface area contributed by atoms with E-state index in [1.165, 1.54) is 12.5 Å². The lowest BCUT2D eigenvalue weighted by atomic mass is 10.3. The van der Waals surface area contributed by atoms with Crippen molar-refractivity contribution < 1.29 is 14.0 Å². The predicted octanol–water partition coefficient (Wildman–Crippen LogP) is 1.60. The van der Waals surface area contributed by atoms with E-state index in [0.717, 1.165) is 17.3 Å². The van der Waals surface area contributed by atoms with E-state index in [0.29, 0.717) is 4.91 Å². The molecular formula is C8H5NO3S. The van der Waals surface area contributed by atoms with E-state index in [1.807, 2.05) is 0 Å². The molecule has 0 spiro atoms. The van der Waals surface area contributed by atoms with Gasteiger partial charge in [-0.2, -0.15) is 0 Å². The Morgan fingerprint density at radius 2 is 2.31 bits per heavy atom. The first-order chi connectivity index (χ1) is 6.25. The lowest BCUT2D eigenvalue weighted by Gasteiger charge is -1.86. The fourth-order valence-corrected chi connectivity index (χ4v) is 1.61. The van der Waals surface area contributed by atoms with Crippen LogP contribution in [0.5, 0.6) is 0 Å². The molecule has 0 saturated carbocycles. The van der Waals surface area contributed by atoms with Gasteiger partial charge in [-0.3, -0.25) is 14.9 Å². The van der Waals surface area contributed by atoms with Crippen molar-refractivity contribution in [2.45, 2.75) is 0 Å². The SMILES string of the molecule is O=C1NC(=O)/C(=C/c2ccoc2)S1. The predicted molar refractivity (Wildman–Crippen MR) is 47.8 cm³/mol. The molecule has 5 heteroatoms. The Kier molecular flexibility index (Phi) is 1.94. The summed E-state index contributed by atoms with van der Waals surface area (Å²) in [4.78, 5) is 22.2. The monoisotopic (exact) mass is 195 g/mol. The lowest BCUT2D eigenvalue weighted by Crippen LogP contribution is -2.17. The number of imide groups is 1. The first kappa shape index (κ1) is 8.12. The van der Waals surface area contributed by atoms with E-state index in [4.69, 9.17) is 4.42 Å². The molecule has 2 heterocycles. The smallest absolute Gasteiger partial charge is 0.290 e. The van der Waals surface area contributed by atoms with E-state index in [9.17, 15) is 9.59 Å². The summed E-state index contributed by atoms with van der Waals surface area (Å²) in [6, 6.07) is 1.71. The van der Waals surface area contributed by atoms with Crippen molar-refractivity contribution in [3.8, 4) is 0 Å². The summed E-state index contributed by atoms with van der Waals surface area (Å²) >= 11 is 0.892. The molecule has 0 aromatic carbocycles. The quantitative estimate of drug-likeness (QED) is 0.691. The molecule has 1 aromatic rings. The van der Waals surface area contributed by atoms with Gasteiger partial charge in [-0.15, -0.1) is 0 Å². The van der Waals surface area contributed by atoms with Crippen LogP contribution in [0.1, 0.15) is 5.56 Å². The molecule has 1 aliphatic rings. The van der Waals surface area contributed by atoms with Crippen LogP contribution in [0.15, 0.2) is 27.9 Å². The first-order valence-electron chi connectivity index (χ1n) is 3.53. The van der Waals surface area contributed by atoms with Crippen LogP contribution in [0.2, 0.25) is 0 Å². The Labute approximate surface area is 78.0 Å². The molecule has 0 unspecified atom stereocenters. The molecule has 1 aromatic heterocycles. The van der Waals surface area contributed by atoms with Gasteiger partial charge >= 0.3 is 0 Å². The van der Waals surface area contributed by atoms with Gasteiger partial charge in [0, 0.05) is 5.56 Å². The number of carbonyl (C=O) groups is 2. The van der Waals surface area contributed by atoms with Crippen LogP contribution in [0.3, 0.4) is 0 Å². The van der Waals surface area contributed by atoms with Gasteiger partial charge in [-0.05, 0) is 23.9 Å². The number of thioether (sulfide) groups is 1. The number of carbonyl (C=O) groups excluding carboxylic acids is 2. The fraction of sp³-hybridized carbons (Fsp3) is 0. The van der Waals surface area contributed by atoms with Crippen LogP contribution >= 0.6 is 11.8 Å². The number of furan rings is 1. The van der Waals surface area contributed by atoms with E-state index < -0.39 is 0 Å². The number of hydrogen-bond acceptors (Lipinski definition) is 4. The third-order valence-corrected chi connectivity index (χ3v) is 2.29. The lowest BCUT2D eigenvalue weighted by molar-refractivity contribution is -0.115. The standard InChI is InChI=1S/C8H5NO3S/c10-7-6(13-8(11)9-7)3-5-1-2-12-4-5/h1-4H,(H,9,10,11)/b6-3-. The average molecular weight is 195 g/mol. The summed E-state index contributed by atoms with van der Waals surface area (Å²) in [5.74, 6) is -0.351. The maximum Gasteiger partial charge on any atom is 0.290 e. The van der Waals surface area contributed by atoms with Crippen LogP contribution in [-0.2, 0) is 4.79 Å². The molecule has 4 nitrogen and oxygen atoms in total. The molecule has 2 amide bonds. The summed E-state index contributed by atoms with van der Waals surface area (Å²) in [7, 11) is 0.